The molecular weight excluding hydrogens is 328 g/mol. The molecule has 1 aromatic heterocycles. The maximum Gasteiger partial charge on any atom is 0.257 e. The van der Waals surface area contributed by atoms with Crippen LogP contribution in [0.15, 0.2) is 42.7 Å². The highest BCUT2D eigenvalue weighted by molar-refractivity contribution is 5.85. The second kappa shape index (κ2) is 9.30. The minimum Gasteiger partial charge on any atom is -0.490 e. The first-order valence-corrected chi connectivity index (χ1v) is 7.93. The summed E-state index contributed by atoms with van der Waals surface area (Å²) < 4.78 is 11.4. The molecule has 24 heavy (non-hydrogen) atoms. The van der Waals surface area contributed by atoms with Crippen LogP contribution in [0.2, 0.25) is 0 Å². The van der Waals surface area contributed by atoms with Crippen LogP contribution in [-0.2, 0) is 0 Å². The Morgan fingerprint density at radius 3 is 2.67 bits per heavy atom. The highest BCUT2D eigenvalue weighted by Crippen LogP contribution is 2.25. The average Bonchev–Trinajstić information content (AvgIpc) is 2.61. The van der Waals surface area contributed by atoms with Gasteiger partial charge in [0.05, 0.1) is 0 Å². The predicted octanol–water partition coefficient (Wildman–Crippen LogP) is 2.15. The van der Waals surface area contributed by atoms with Crippen LogP contribution in [0.4, 0.5) is 5.82 Å². The third-order valence-corrected chi connectivity index (χ3v) is 3.75. The molecule has 0 amide bonds. The van der Waals surface area contributed by atoms with Crippen molar-refractivity contribution in [2.75, 3.05) is 37.7 Å². The third kappa shape index (κ3) is 4.72. The Bertz CT molecular complexity index is 615. The fraction of sp³-hybridized carbons (Fsp3) is 0.412. The van der Waals surface area contributed by atoms with E-state index < -0.39 is 0 Å². The summed E-state index contributed by atoms with van der Waals surface area (Å²) in [6.07, 6.45) is 3.36. The van der Waals surface area contributed by atoms with E-state index in [1.165, 1.54) is 0 Å². The zero-order chi connectivity index (χ0) is 15.9. The number of ether oxygens (including phenoxy) is 2. The smallest absolute Gasteiger partial charge is 0.257 e. The van der Waals surface area contributed by atoms with E-state index in [1.54, 1.807) is 12.4 Å². The van der Waals surface area contributed by atoms with E-state index in [2.05, 4.69) is 27.1 Å². The van der Waals surface area contributed by atoms with Crippen LogP contribution in [0.25, 0.3) is 0 Å². The van der Waals surface area contributed by atoms with Gasteiger partial charge in [-0.3, -0.25) is 0 Å². The van der Waals surface area contributed by atoms with Gasteiger partial charge in [0.2, 0.25) is 0 Å². The van der Waals surface area contributed by atoms with Crippen molar-refractivity contribution in [3.05, 3.63) is 42.7 Å². The van der Waals surface area contributed by atoms with Gasteiger partial charge in [-0.1, -0.05) is 18.2 Å². The first-order chi connectivity index (χ1) is 11.3. The maximum absolute atomic E-state index is 5.80. The van der Waals surface area contributed by atoms with Crippen molar-refractivity contribution >= 4 is 18.2 Å². The summed E-state index contributed by atoms with van der Waals surface area (Å²) in [5, 5.41) is 3.37. The van der Waals surface area contributed by atoms with E-state index in [-0.39, 0.29) is 12.4 Å². The Hall–Kier alpha value is -2.05. The first kappa shape index (κ1) is 18.3. The summed E-state index contributed by atoms with van der Waals surface area (Å²) in [6, 6.07) is 10.1. The van der Waals surface area contributed by atoms with Crippen LogP contribution >= 0.6 is 12.4 Å². The minimum absolute atomic E-state index is 0. The number of hydrogen-bond donors (Lipinski definition) is 1. The van der Waals surface area contributed by atoms with Crippen LogP contribution in [0, 0.1) is 0 Å². The number of rotatable bonds is 6. The van der Waals surface area contributed by atoms with E-state index in [0.717, 1.165) is 31.2 Å². The van der Waals surface area contributed by atoms with Crippen LogP contribution in [0.3, 0.4) is 0 Å². The lowest BCUT2D eigenvalue weighted by atomic mass is 10.2. The lowest BCUT2D eigenvalue weighted by Gasteiger charge is -2.35. The van der Waals surface area contributed by atoms with Crippen molar-refractivity contribution in [1.29, 1.82) is 0 Å². The van der Waals surface area contributed by atoms with E-state index in [0.29, 0.717) is 25.1 Å². The summed E-state index contributed by atoms with van der Waals surface area (Å²) in [5.74, 6) is 2.21. The first-order valence-electron chi connectivity index (χ1n) is 7.93. The second-order valence-electron chi connectivity index (χ2n) is 5.44. The van der Waals surface area contributed by atoms with Crippen molar-refractivity contribution < 1.29 is 9.47 Å². The molecule has 2 aromatic rings. The standard InChI is InChI=1S/C17H22N4O2.ClH/c1-14-13-18-9-10-21(14)16-17(20-8-7-19-16)23-12-11-22-15-5-3-2-4-6-15;/h2-8,14,18H,9-13H2,1H3;1H/t14-;/m0./s1. The number of piperazine rings is 1. The van der Waals surface area contributed by atoms with Gasteiger partial charge >= 0.3 is 0 Å². The van der Waals surface area contributed by atoms with Gasteiger partial charge in [-0.05, 0) is 19.1 Å². The zero-order valence-electron chi connectivity index (χ0n) is 13.7. The summed E-state index contributed by atoms with van der Waals surface area (Å²) in [5.41, 5.74) is 0. The van der Waals surface area contributed by atoms with Crippen LogP contribution in [0.5, 0.6) is 11.6 Å². The number of aromatic nitrogens is 2. The SMILES string of the molecule is C[C@H]1CNCCN1c1nccnc1OCCOc1ccccc1.Cl. The molecule has 1 atom stereocenters. The van der Waals surface area contributed by atoms with E-state index in [4.69, 9.17) is 9.47 Å². The molecule has 1 aliphatic heterocycles. The van der Waals surface area contributed by atoms with Gasteiger partial charge < -0.3 is 19.7 Å². The molecule has 0 radical (unpaired) electrons. The minimum atomic E-state index is 0. The van der Waals surface area contributed by atoms with E-state index in [9.17, 15) is 0 Å². The molecule has 0 aliphatic carbocycles. The number of halogens is 1. The molecular formula is C17H23ClN4O2. The molecule has 0 saturated carbocycles. The van der Waals surface area contributed by atoms with E-state index >= 15 is 0 Å². The Kier molecular flexibility index (Phi) is 7.08. The molecule has 2 heterocycles. The van der Waals surface area contributed by atoms with Crippen molar-refractivity contribution in [3.63, 3.8) is 0 Å². The summed E-state index contributed by atoms with van der Waals surface area (Å²) in [4.78, 5) is 11.0. The Labute approximate surface area is 148 Å². The molecule has 130 valence electrons. The van der Waals surface area contributed by atoms with Gasteiger partial charge in [0, 0.05) is 38.1 Å². The Balaban J connectivity index is 0.00000208. The highest BCUT2D eigenvalue weighted by Gasteiger charge is 2.23. The summed E-state index contributed by atoms with van der Waals surface area (Å²) in [6.45, 7) is 5.85. The molecule has 3 rings (SSSR count). The largest absolute Gasteiger partial charge is 0.490 e. The second-order valence-corrected chi connectivity index (χ2v) is 5.44. The Morgan fingerprint density at radius 1 is 1.12 bits per heavy atom. The zero-order valence-corrected chi connectivity index (χ0v) is 14.5. The molecule has 1 fully saturated rings. The van der Waals surface area contributed by atoms with Crippen molar-refractivity contribution in [2.24, 2.45) is 0 Å². The molecule has 1 aromatic carbocycles. The number of nitrogens with one attached hydrogen (secondary N) is 1. The van der Waals surface area contributed by atoms with E-state index in [1.807, 2.05) is 30.3 Å². The summed E-state index contributed by atoms with van der Waals surface area (Å²) >= 11 is 0. The van der Waals surface area contributed by atoms with Crippen LogP contribution in [0.1, 0.15) is 6.92 Å². The average molecular weight is 351 g/mol. The number of para-hydroxylation sites is 1. The topological polar surface area (TPSA) is 59.5 Å². The lowest BCUT2D eigenvalue weighted by molar-refractivity contribution is 0.211. The number of hydrogen-bond acceptors (Lipinski definition) is 6. The van der Waals surface area contributed by atoms with Gasteiger partial charge in [-0.25, -0.2) is 9.97 Å². The lowest BCUT2D eigenvalue weighted by Crippen LogP contribution is -2.50. The van der Waals surface area contributed by atoms with Crippen LogP contribution in [-0.4, -0.2) is 48.9 Å². The normalized spacial score (nSPS) is 17.0. The number of benzene rings is 1. The molecule has 1 saturated heterocycles. The highest BCUT2D eigenvalue weighted by atomic mass is 35.5. The van der Waals surface area contributed by atoms with Crippen LogP contribution < -0.4 is 19.7 Å². The number of nitrogens with zero attached hydrogens (tertiary/aromatic N) is 3. The number of anilines is 1. The summed E-state index contributed by atoms with van der Waals surface area (Å²) in [7, 11) is 0. The fourth-order valence-electron chi connectivity index (χ4n) is 2.59. The molecule has 7 heteroatoms. The van der Waals surface area contributed by atoms with Gasteiger partial charge in [-0.15, -0.1) is 12.4 Å². The third-order valence-electron chi connectivity index (χ3n) is 3.75. The predicted molar refractivity (Wildman–Crippen MR) is 96.4 cm³/mol. The van der Waals surface area contributed by atoms with Crippen molar-refractivity contribution in [1.82, 2.24) is 15.3 Å². The quantitative estimate of drug-likeness (QED) is 0.806. The molecule has 1 aliphatic rings. The molecule has 1 N–H and O–H groups in total. The van der Waals surface area contributed by atoms with Gasteiger partial charge in [0.1, 0.15) is 19.0 Å². The monoisotopic (exact) mass is 350 g/mol. The molecule has 0 bridgehead atoms. The fourth-order valence-corrected chi connectivity index (χ4v) is 2.59. The Morgan fingerprint density at radius 2 is 1.88 bits per heavy atom. The molecule has 0 unspecified atom stereocenters. The van der Waals surface area contributed by atoms with Gasteiger partial charge in [0.25, 0.3) is 5.88 Å². The van der Waals surface area contributed by atoms with Crippen molar-refractivity contribution in [2.45, 2.75) is 13.0 Å². The van der Waals surface area contributed by atoms with Crippen molar-refractivity contribution in [3.8, 4) is 11.6 Å². The molecule has 6 nitrogen and oxygen atoms in total. The van der Waals surface area contributed by atoms with Gasteiger partial charge in [-0.2, -0.15) is 0 Å². The molecule has 0 spiro atoms. The maximum atomic E-state index is 5.80. The van der Waals surface area contributed by atoms with Gasteiger partial charge in [0.15, 0.2) is 5.82 Å².